The zero-order valence-corrected chi connectivity index (χ0v) is 20.2. The summed E-state index contributed by atoms with van der Waals surface area (Å²) in [5.74, 6) is 0.522. The van der Waals surface area contributed by atoms with Crippen LogP contribution in [0.3, 0.4) is 0 Å². The second-order valence-electron chi connectivity index (χ2n) is 8.42. The first-order valence-corrected chi connectivity index (χ1v) is 12.0. The van der Waals surface area contributed by atoms with Crippen molar-refractivity contribution in [3.05, 3.63) is 71.3 Å². The highest BCUT2D eigenvalue weighted by atomic mass is 32.2. The smallest absolute Gasteiger partial charge is 0.286 e. The van der Waals surface area contributed by atoms with E-state index in [4.69, 9.17) is 14.6 Å². The third-order valence-electron chi connectivity index (χ3n) is 5.69. The molecule has 3 aromatic rings. The molecule has 2 aliphatic heterocycles. The Morgan fingerprint density at radius 3 is 2.59 bits per heavy atom. The van der Waals surface area contributed by atoms with Crippen LogP contribution >= 0.6 is 11.8 Å². The first-order chi connectivity index (χ1) is 16.5. The lowest BCUT2D eigenvalue weighted by atomic mass is 10.1. The van der Waals surface area contributed by atoms with Gasteiger partial charge in [-0.2, -0.15) is 10.1 Å². The third kappa shape index (κ3) is 4.64. The summed E-state index contributed by atoms with van der Waals surface area (Å²) in [5, 5.41) is 5.59. The number of hydrogen-bond donors (Lipinski definition) is 0. The number of benzene rings is 2. The normalized spacial score (nSPS) is 21.7. The fourth-order valence-electron chi connectivity index (χ4n) is 4.21. The zero-order chi connectivity index (χ0) is 23.7. The molecule has 174 valence electrons. The van der Waals surface area contributed by atoms with Gasteiger partial charge in [0, 0.05) is 30.4 Å². The van der Waals surface area contributed by atoms with Crippen LogP contribution in [-0.4, -0.2) is 58.2 Å². The van der Waals surface area contributed by atoms with Gasteiger partial charge in [-0.05, 0) is 56.0 Å². The Balaban J connectivity index is 1.50. The van der Waals surface area contributed by atoms with Gasteiger partial charge in [0.05, 0.1) is 29.9 Å². The molecule has 2 unspecified atom stereocenters. The minimum atomic E-state index is -0.226. The Labute approximate surface area is 203 Å². The zero-order valence-electron chi connectivity index (χ0n) is 19.3. The van der Waals surface area contributed by atoms with E-state index in [0.717, 1.165) is 46.5 Å². The molecule has 34 heavy (non-hydrogen) atoms. The SMILES string of the molecule is COc1cccc(-c2nn(-c3ccccc3)cc2C=C2SC(N3CC(C)OC(C)C3)=NC2=O)c1. The van der Waals surface area contributed by atoms with Crippen molar-refractivity contribution in [1.82, 2.24) is 14.7 Å². The summed E-state index contributed by atoms with van der Waals surface area (Å²) < 4.78 is 13.1. The number of aromatic nitrogens is 2. The molecule has 0 N–H and O–H groups in total. The molecule has 0 bridgehead atoms. The molecule has 7 nitrogen and oxygen atoms in total. The summed E-state index contributed by atoms with van der Waals surface area (Å²) in [7, 11) is 1.64. The topological polar surface area (TPSA) is 68.9 Å². The van der Waals surface area contributed by atoms with E-state index in [2.05, 4.69) is 9.89 Å². The highest BCUT2D eigenvalue weighted by Crippen LogP contribution is 2.34. The summed E-state index contributed by atoms with van der Waals surface area (Å²) in [6, 6.07) is 17.7. The number of morpholine rings is 1. The molecule has 2 aliphatic rings. The van der Waals surface area contributed by atoms with E-state index < -0.39 is 0 Å². The van der Waals surface area contributed by atoms with Crippen LogP contribution in [0, 0.1) is 0 Å². The molecule has 2 aromatic carbocycles. The van der Waals surface area contributed by atoms with Crippen LogP contribution in [0.15, 0.2) is 70.7 Å². The van der Waals surface area contributed by atoms with E-state index in [1.807, 2.05) is 85.4 Å². The Kier molecular flexibility index (Phi) is 6.26. The van der Waals surface area contributed by atoms with Crippen LogP contribution in [0.25, 0.3) is 23.0 Å². The van der Waals surface area contributed by atoms with Gasteiger partial charge in [-0.1, -0.05) is 30.3 Å². The van der Waals surface area contributed by atoms with Crippen molar-refractivity contribution < 1.29 is 14.3 Å². The number of aliphatic imine (C=N–C) groups is 1. The van der Waals surface area contributed by atoms with Gasteiger partial charge in [0.1, 0.15) is 11.4 Å². The highest BCUT2D eigenvalue weighted by Gasteiger charge is 2.31. The predicted octanol–water partition coefficient (Wildman–Crippen LogP) is 4.63. The largest absolute Gasteiger partial charge is 0.497 e. The second kappa shape index (κ2) is 9.48. The number of carbonyl (C=O) groups is 1. The van der Waals surface area contributed by atoms with E-state index in [1.54, 1.807) is 7.11 Å². The Bertz CT molecular complexity index is 1260. The molecule has 1 aromatic heterocycles. The number of ether oxygens (including phenoxy) is 2. The molecule has 0 aliphatic carbocycles. The first kappa shape index (κ1) is 22.4. The van der Waals surface area contributed by atoms with Gasteiger partial charge < -0.3 is 14.4 Å². The van der Waals surface area contributed by atoms with Crippen molar-refractivity contribution in [3.63, 3.8) is 0 Å². The predicted molar refractivity (Wildman–Crippen MR) is 135 cm³/mol. The van der Waals surface area contributed by atoms with E-state index in [0.29, 0.717) is 4.91 Å². The van der Waals surface area contributed by atoms with Gasteiger partial charge in [-0.15, -0.1) is 0 Å². The highest BCUT2D eigenvalue weighted by molar-refractivity contribution is 8.18. The minimum absolute atomic E-state index is 0.0962. The fourth-order valence-corrected chi connectivity index (χ4v) is 5.13. The monoisotopic (exact) mass is 474 g/mol. The van der Waals surface area contributed by atoms with Gasteiger partial charge in [-0.3, -0.25) is 4.79 Å². The number of nitrogens with zero attached hydrogens (tertiary/aromatic N) is 4. The number of methoxy groups -OCH3 is 1. The van der Waals surface area contributed by atoms with Crippen molar-refractivity contribution in [2.75, 3.05) is 20.2 Å². The summed E-state index contributed by atoms with van der Waals surface area (Å²) >= 11 is 1.41. The number of hydrogen-bond acceptors (Lipinski definition) is 6. The number of para-hydroxylation sites is 1. The standard InChI is InChI=1S/C26H26N4O3S/c1-17-14-29(15-18(2)33-17)26-27-25(31)23(34-26)13-20-16-30(21-9-5-4-6-10-21)28-24(20)19-8-7-11-22(12-19)32-3/h4-13,16-18H,14-15H2,1-3H3. The molecule has 2 atom stereocenters. The van der Waals surface area contributed by atoms with Crippen LogP contribution in [0.5, 0.6) is 5.75 Å². The Morgan fingerprint density at radius 2 is 1.85 bits per heavy atom. The molecule has 3 heterocycles. The average Bonchev–Trinajstić information content (AvgIpc) is 3.43. The molecule has 5 rings (SSSR count). The van der Waals surface area contributed by atoms with Crippen molar-refractivity contribution in [1.29, 1.82) is 0 Å². The fraction of sp³-hybridized carbons (Fsp3) is 0.269. The van der Waals surface area contributed by atoms with Gasteiger partial charge in [0.15, 0.2) is 5.17 Å². The first-order valence-electron chi connectivity index (χ1n) is 11.2. The van der Waals surface area contributed by atoms with E-state index >= 15 is 0 Å². The molecule has 0 radical (unpaired) electrons. The summed E-state index contributed by atoms with van der Waals surface area (Å²) in [6.45, 7) is 5.52. The van der Waals surface area contributed by atoms with E-state index in [1.165, 1.54) is 11.8 Å². The lowest BCUT2D eigenvalue weighted by Crippen LogP contribution is -2.47. The van der Waals surface area contributed by atoms with Crippen LogP contribution in [0.1, 0.15) is 19.4 Å². The van der Waals surface area contributed by atoms with Gasteiger partial charge in [0.2, 0.25) is 0 Å². The molecule has 0 saturated carbocycles. The van der Waals surface area contributed by atoms with Crippen molar-refractivity contribution in [2.45, 2.75) is 26.1 Å². The van der Waals surface area contributed by atoms with E-state index in [-0.39, 0.29) is 18.1 Å². The molecule has 1 saturated heterocycles. The number of rotatable bonds is 4. The minimum Gasteiger partial charge on any atom is -0.497 e. The van der Waals surface area contributed by atoms with Crippen LogP contribution < -0.4 is 4.74 Å². The lowest BCUT2D eigenvalue weighted by Gasteiger charge is -2.35. The second-order valence-corrected chi connectivity index (χ2v) is 9.43. The number of amides is 1. The van der Waals surface area contributed by atoms with Gasteiger partial charge >= 0.3 is 0 Å². The van der Waals surface area contributed by atoms with Crippen molar-refractivity contribution in [2.24, 2.45) is 4.99 Å². The third-order valence-corrected chi connectivity index (χ3v) is 6.74. The van der Waals surface area contributed by atoms with Gasteiger partial charge in [0.25, 0.3) is 5.91 Å². The quantitative estimate of drug-likeness (QED) is 0.514. The average molecular weight is 475 g/mol. The molecule has 1 fully saturated rings. The van der Waals surface area contributed by atoms with Gasteiger partial charge in [-0.25, -0.2) is 4.68 Å². The Morgan fingerprint density at radius 1 is 1.09 bits per heavy atom. The maximum atomic E-state index is 12.8. The van der Waals surface area contributed by atoms with Crippen LogP contribution in [-0.2, 0) is 9.53 Å². The summed E-state index contributed by atoms with van der Waals surface area (Å²) in [4.78, 5) is 19.9. The molecule has 1 amide bonds. The molecular formula is C26H26N4O3S. The van der Waals surface area contributed by atoms with Crippen molar-refractivity contribution in [3.8, 4) is 22.7 Å². The summed E-state index contributed by atoms with van der Waals surface area (Å²) in [6.07, 6.45) is 4.03. The van der Waals surface area contributed by atoms with Crippen molar-refractivity contribution >= 4 is 28.9 Å². The number of carbonyl (C=O) groups excluding carboxylic acids is 1. The van der Waals surface area contributed by atoms with E-state index in [9.17, 15) is 4.79 Å². The van der Waals surface area contributed by atoms with Crippen LogP contribution in [0.2, 0.25) is 0 Å². The number of thioether (sulfide) groups is 1. The number of amidine groups is 1. The van der Waals surface area contributed by atoms with Crippen LogP contribution in [0.4, 0.5) is 0 Å². The maximum Gasteiger partial charge on any atom is 0.286 e. The maximum absolute atomic E-state index is 12.8. The molecular weight excluding hydrogens is 448 g/mol. The lowest BCUT2D eigenvalue weighted by molar-refractivity contribution is -0.113. The molecule has 8 heteroatoms. The Hall–Kier alpha value is -3.36. The molecule has 0 spiro atoms. The summed E-state index contributed by atoms with van der Waals surface area (Å²) in [5.41, 5.74) is 3.46.